The zero-order valence-electron chi connectivity index (χ0n) is 10.3. The van der Waals surface area contributed by atoms with Crippen LogP contribution in [0.25, 0.3) is 4.96 Å². The minimum atomic E-state index is -3.80. The number of rotatable bonds is 3. The standard InChI is InChI=1S/C11H9ClN4O2S2/c1-15(8-2-4-13-5-3-8)20(17,18)10-9(12)14-11-16(10)6-7-19-11/h2-7H,1H3. The molecule has 0 amide bonds. The van der Waals surface area contributed by atoms with Crippen molar-refractivity contribution >= 4 is 43.6 Å². The summed E-state index contributed by atoms with van der Waals surface area (Å²) < 4.78 is 28.0. The van der Waals surface area contributed by atoms with E-state index in [4.69, 9.17) is 11.6 Å². The highest BCUT2D eigenvalue weighted by molar-refractivity contribution is 7.92. The van der Waals surface area contributed by atoms with Gasteiger partial charge in [-0.1, -0.05) is 11.6 Å². The van der Waals surface area contributed by atoms with Gasteiger partial charge >= 0.3 is 0 Å². The third-order valence-corrected chi connectivity index (χ3v) is 5.75. The Balaban J connectivity index is 2.17. The second-order valence-corrected chi connectivity index (χ2v) is 7.06. The molecule has 104 valence electrons. The molecular formula is C11H9ClN4O2S2. The number of nitrogens with zero attached hydrogens (tertiary/aromatic N) is 4. The zero-order valence-corrected chi connectivity index (χ0v) is 12.7. The lowest BCUT2D eigenvalue weighted by Gasteiger charge is -2.18. The van der Waals surface area contributed by atoms with E-state index in [1.165, 1.54) is 35.2 Å². The number of fused-ring (bicyclic) bond motifs is 1. The molecule has 0 fully saturated rings. The molecule has 6 nitrogen and oxygen atoms in total. The molecule has 0 unspecified atom stereocenters. The van der Waals surface area contributed by atoms with Gasteiger partial charge in [0.05, 0.1) is 5.69 Å². The maximum absolute atomic E-state index is 12.7. The van der Waals surface area contributed by atoms with Gasteiger partial charge in [-0.2, -0.15) is 8.42 Å². The molecule has 0 aromatic carbocycles. The van der Waals surface area contributed by atoms with E-state index in [9.17, 15) is 8.42 Å². The number of anilines is 1. The van der Waals surface area contributed by atoms with Crippen molar-refractivity contribution in [1.82, 2.24) is 14.4 Å². The van der Waals surface area contributed by atoms with E-state index in [0.29, 0.717) is 10.6 Å². The molecule has 20 heavy (non-hydrogen) atoms. The van der Waals surface area contributed by atoms with E-state index >= 15 is 0 Å². The first kappa shape index (κ1) is 13.3. The monoisotopic (exact) mass is 328 g/mol. The number of sulfonamides is 1. The number of pyridine rings is 1. The zero-order chi connectivity index (χ0) is 14.3. The van der Waals surface area contributed by atoms with Crippen LogP contribution in [0.3, 0.4) is 0 Å². The lowest BCUT2D eigenvalue weighted by Crippen LogP contribution is -2.27. The van der Waals surface area contributed by atoms with Gasteiger partial charge in [0.2, 0.25) is 0 Å². The molecule has 0 aliphatic heterocycles. The minimum Gasteiger partial charge on any atom is -0.278 e. The van der Waals surface area contributed by atoms with Crippen molar-refractivity contribution < 1.29 is 8.42 Å². The van der Waals surface area contributed by atoms with Gasteiger partial charge in [0.1, 0.15) is 0 Å². The minimum absolute atomic E-state index is 0.0299. The predicted octanol–water partition coefficient (Wildman–Crippen LogP) is 2.27. The predicted molar refractivity (Wildman–Crippen MR) is 77.9 cm³/mol. The Morgan fingerprint density at radius 1 is 1.35 bits per heavy atom. The molecule has 0 saturated heterocycles. The van der Waals surface area contributed by atoms with Crippen LogP contribution in [0.2, 0.25) is 5.15 Å². The van der Waals surface area contributed by atoms with Crippen LogP contribution in [0.5, 0.6) is 0 Å². The van der Waals surface area contributed by atoms with Crippen molar-refractivity contribution in [2.45, 2.75) is 5.03 Å². The number of hydrogen-bond acceptors (Lipinski definition) is 5. The van der Waals surface area contributed by atoms with Crippen molar-refractivity contribution in [1.29, 1.82) is 0 Å². The Kier molecular flexibility index (Phi) is 3.15. The maximum Gasteiger partial charge on any atom is 0.283 e. The number of hydrogen-bond donors (Lipinski definition) is 0. The van der Waals surface area contributed by atoms with Crippen molar-refractivity contribution in [3.05, 3.63) is 41.3 Å². The lowest BCUT2D eigenvalue weighted by molar-refractivity contribution is 0.589. The number of aromatic nitrogens is 3. The quantitative estimate of drug-likeness (QED) is 0.739. The molecule has 9 heteroatoms. The summed E-state index contributed by atoms with van der Waals surface area (Å²) in [5.74, 6) is 0. The van der Waals surface area contributed by atoms with Crippen LogP contribution in [-0.4, -0.2) is 29.8 Å². The van der Waals surface area contributed by atoms with Gasteiger partial charge in [-0.05, 0) is 12.1 Å². The Labute approximate surface area is 124 Å². The second-order valence-electron chi connectivity index (χ2n) is 3.94. The first-order valence-corrected chi connectivity index (χ1v) is 8.21. The van der Waals surface area contributed by atoms with Gasteiger partial charge in [-0.25, -0.2) is 4.98 Å². The van der Waals surface area contributed by atoms with E-state index in [0.717, 1.165) is 4.31 Å². The first-order chi connectivity index (χ1) is 9.51. The molecule has 3 rings (SSSR count). The molecule has 0 aliphatic rings. The normalized spacial score (nSPS) is 11.9. The Hall–Kier alpha value is -1.64. The fourth-order valence-corrected chi connectivity index (χ4v) is 4.39. The second kappa shape index (κ2) is 4.72. The van der Waals surface area contributed by atoms with Gasteiger partial charge in [-0.3, -0.25) is 13.7 Å². The number of halogens is 1. The smallest absolute Gasteiger partial charge is 0.278 e. The molecular weight excluding hydrogens is 320 g/mol. The van der Waals surface area contributed by atoms with Crippen molar-refractivity contribution in [2.24, 2.45) is 0 Å². The third-order valence-electron chi connectivity index (χ3n) is 2.81. The lowest BCUT2D eigenvalue weighted by atomic mass is 10.4. The van der Waals surface area contributed by atoms with Gasteiger partial charge < -0.3 is 0 Å². The van der Waals surface area contributed by atoms with Crippen molar-refractivity contribution in [3.63, 3.8) is 0 Å². The topological polar surface area (TPSA) is 67.6 Å². The SMILES string of the molecule is CN(c1ccncc1)S(=O)(=O)c1c(Cl)nc2sccn12. The molecule has 0 bridgehead atoms. The van der Waals surface area contributed by atoms with Gasteiger partial charge in [0.15, 0.2) is 15.1 Å². The summed E-state index contributed by atoms with van der Waals surface area (Å²) >= 11 is 7.30. The van der Waals surface area contributed by atoms with Gasteiger partial charge in [0.25, 0.3) is 10.0 Å². The van der Waals surface area contributed by atoms with Crippen LogP contribution in [0, 0.1) is 0 Å². The van der Waals surface area contributed by atoms with Crippen LogP contribution in [0.15, 0.2) is 41.1 Å². The van der Waals surface area contributed by atoms with E-state index in [-0.39, 0.29) is 10.2 Å². The highest BCUT2D eigenvalue weighted by atomic mass is 35.5. The Bertz CT molecular complexity index is 857. The van der Waals surface area contributed by atoms with Crippen LogP contribution in [-0.2, 0) is 10.0 Å². The van der Waals surface area contributed by atoms with Crippen molar-refractivity contribution in [3.8, 4) is 0 Å². The van der Waals surface area contributed by atoms with Gasteiger partial charge in [-0.15, -0.1) is 11.3 Å². The average Bonchev–Trinajstić information content (AvgIpc) is 2.98. The summed E-state index contributed by atoms with van der Waals surface area (Å²) in [6.45, 7) is 0. The molecule has 0 N–H and O–H groups in total. The van der Waals surface area contributed by atoms with Gasteiger partial charge in [0, 0.05) is 31.0 Å². The van der Waals surface area contributed by atoms with Crippen LogP contribution in [0.1, 0.15) is 0 Å². The third kappa shape index (κ3) is 1.96. The molecule has 3 heterocycles. The molecule has 3 aromatic heterocycles. The molecule has 0 atom stereocenters. The molecule has 0 radical (unpaired) electrons. The molecule has 3 aromatic rings. The first-order valence-electron chi connectivity index (χ1n) is 5.52. The average molecular weight is 329 g/mol. The maximum atomic E-state index is 12.7. The summed E-state index contributed by atoms with van der Waals surface area (Å²) in [4.78, 5) is 8.45. The van der Waals surface area contributed by atoms with Crippen LogP contribution < -0.4 is 4.31 Å². The van der Waals surface area contributed by atoms with Crippen LogP contribution in [0.4, 0.5) is 5.69 Å². The summed E-state index contributed by atoms with van der Waals surface area (Å²) in [6.07, 6.45) is 4.69. The highest BCUT2D eigenvalue weighted by Crippen LogP contribution is 2.29. The Morgan fingerprint density at radius 3 is 2.75 bits per heavy atom. The summed E-state index contributed by atoms with van der Waals surface area (Å²) in [6, 6.07) is 3.22. The highest BCUT2D eigenvalue weighted by Gasteiger charge is 2.29. The van der Waals surface area contributed by atoms with Crippen molar-refractivity contribution in [2.75, 3.05) is 11.4 Å². The van der Waals surface area contributed by atoms with E-state index in [1.807, 2.05) is 0 Å². The summed E-state index contributed by atoms with van der Waals surface area (Å²) in [5.41, 5.74) is 0.501. The van der Waals surface area contributed by atoms with E-state index in [2.05, 4.69) is 9.97 Å². The van der Waals surface area contributed by atoms with E-state index < -0.39 is 10.0 Å². The largest absolute Gasteiger partial charge is 0.283 e. The molecule has 0 saturated carbocycles. The number of thiazole rings is 1. The van der Waals surface area contributed by atoms with Crippen LogP contribution >= 0.6 is 22.9 Å². The summed E-state index contributed by atoms with van der Waals surface area (Å²) in [5, 5.41) is 1.69. The fraction of sp³-hybridized carbons (Fsp3) is 0.0909. The Morgan fingerprint density at radius 2 is 2.05 bits per heavy atom. The molecule has 0 spiro atoms. The number of imidazole rings is 1. The molecule has 0 aliphatic carbocycles. The fourth-order valence-electron chi connectivity index (χ4n) is 1.79. The van der Waals surface area contributed by atoms with E-state index in [1.54, 1.807) is 23.7 Å². The summed E-state index contributed by atoms with van der Waals surface area (Å²) in [7, 11) is -2.33.